The van der Waals surface area contributed by atoms with Crippen molar-refractivity contribution in [3.05, 3.63) is 65.7 Å². The molecule has 4 rings (SSSR count). The Morgan fingerprint density at radius 3 is 1.85 bits per heavy atom. The van der Waals surface area contributed by atoms with E-state index in [-0.39, 0.29) is 0 Å². The van der Waals surface area contributed by atoms with Gasteiger partial charge in [-0.2, -0.15) is 0 Å². The van der Waals surface area contributed by atoms with Crippen molar-refractivity contribution in [2.75, 3.05) is 5.73 Å². The largest absolute Gasteiger partial charge is 0.399 e. The molecule has 0 saturated carbocycles. The summed E-state index contributed by atoms with van der Waals surface area (Å²) < 4.78 is 0. The van der Waals surface area contributed by atoms with E-state index in [1.165, 1.54) is 32.3 Å². The van der Waals surface area contributed by atoms with Crippen molar-refractivity contribution in [3.63, 3.8) is 0 Å². The number of nitrogen functional groups attached to an aromatic ring is 1. The van der Waals surface area contributed by atoms with Crippen LogP contribution in [-0.2, 0) is 0 Å². The van der Waals surface area contributed by atoms with Crippen molar-refractivity contribution in [1.82, 2.24) is 0 Å². The second-order valence-corrected chi connectivity index (χ2v) is 5.51. The maximum atomic E-state index is 6.07. The Morgan fingerprint density at radius 1 is 0.600 bits per heavy atom. The molecule has 4 aromatic carbocycles. The topological polar surface area (TPSA) is 26.0 Å². The van der Waals surface area contributed by atoms with Gasteiger partial charge in [0.2, 0.25) is 0 Å². The molecule has 0 aliphatic carbocycles. The molecule has 0 saturated heterocycles. The lowest BCUT2D eigenvalue weighted by atomic mass is 9.97. The lowest BCUT2D eigenvalue weighted by Gasteiger charge is -2.08. The molecule has 4 aromatic rings. The van der Waals surface area contributed by atoms with Gasteiger partial charge in [0.05, 0.1) is 0 Å². The number of fused-ring (bicyclic) bond motifs is 5. The Morgan fingerprint density at radius 2 is 1.15 bits per heavy atom. The number of rotatable bonds is 0. The summed E-state index contributed by atoms with van der Waals surface area (Å²) in [6.07, 6.45) is 0. The number of anilines is 1. The van der Waals surface area contributed by atoms with Gasteiger partial charge in [0.1, 0.15) is 0 Å². The first-order valence-corrected chi connectivity index (χ1v) is 6.90. The molecule has 96 valence electrons. The average molecular weight is 278 g/mol. The molecule has 0 fully saturated rings. The lowest BCUT2D eigenvalue weighted by molar-refractivity contribution is 1.75. The van der Waals surface area contributed by atoms with Gasteiger partial charge in [0, 0.05) is 10.7 Å². The van der Waals surface area contributed by atoms with Crippen molar-refractivity contribution in [2.24, 2.45) is 0 Å². The zero-order chi connectivity index (χ0) is 13.7. The molecule has 0 bridgehead atoms. The van der Waals surface area contributed by atoms with Crippen LogP contribution in [0.5, 0.6) is 0 Å². The summed E-state index contributed by atoms with van der Waals surface area (Å²) in [7, 11) is 0. The molecule has 0 atom stereocenters. The fourth-order valence-electron chi connectivity index (χ4n) is 2.88. The second kappa shape index (κ2) is 4.12. The standard InChI is InChI=1S/C18H12ClN/c19-13-3-7-15-11(9-13)1-5-18-16-8-4-14(20)10-12(16)2-6-17(15)18/h1-10H,20H2. The van der Waals surface area contributed by atoms with E-state index < -0.39 is 0 Å². The minimum absolute atomic E-state index is 0.769. The highest BCUT2D eigenvalue weighted by molar-refractivity contribution is 6.31. The molecule has 0 heterocycles. The first-order valence-electron chi connectivity index (χ1n) is 6.53. The van der Waals surface area contributed by atoms with E-state index in [9.17, 15) is 0 Å². The molecule has 2 heteroatoms. The zero-order valence-corrected chi connectivity index (χ0v) is 11.5. The van der Waals surface area contributed by atoms with Gasteiger partial charge in [-0.3, -0.25) is 0 Å². The summed E-state index contributed by atoms with van der Waals surface area (Å²) in [5, 5.41) is 8.06. The summed E-state index contributed by atoms with van der Waals surface area (Å²) in [6.45, 7) is 0. The van der Waals surface area contributed by atoms with E-state index in [0.717, 1.165) is 10.7 Å². The van der Waals surface area contributed by atoms with Crippen molar-refractivity contribution in [2.45, 2.75) is 0 Å². The predicted molar refractivity (Wildman–Crippen MR) is 88.4 cm³/mol. The Bertz CT molecular complexity index is 892. The van der Waals surface area contributed by atoms with Crippen molar-refractivity contribution in [1.29, 1.82) is 0 Å². The van der Waals surface area contributed by atoms with Crippen LogP contribution in [0.1, 0.15) is 0 Å². The van der Waals surface area contributed by atoms with Crippen LogP contribution in [0.3, 0.4) is 0 Å². The molecule has 0 amide bonds. The van der Waals surface area contributed by atoms with Crippen LogP contribution >= 0.6 is 11.6 Å². The third-order valence-electron chi connectivity index (χ3n) is 3.82. The Balaban J connectivity index is 2.21. The minimum Gasteiger partial charge on any atom is -0.399 e. The van der Waals surface area contributed by atoms with Crippen molar-refractivity contribution >= 4 is 49.6 Å². The van der Waals surface area contributed by atoms with E-state index in [4.69, 9.17) is 17.3 Å². The molecule has 0 aliphatic heterocycles. The van der Waals surface area contributed by atoms with Gasteiger partial charge >= 0.3 is 0 Å². The van der Waals surface area contributed by atoms with Crippen LogP contribution < -0.4 is 5.73 Å². The van der Waals surface area contributed by atoms with Gasteiger partial charge < -0.3 is 5.73 Å². The number of hydrogen-bond acceptors (Lipinski definition) is 1. The lowest BCUT2D eigenvalue weighted by Crippen LogP contribution is -1.85. The van der Waals surface area contributed by atoms with Crippen LogP contribution in [-0.4, -0.2) is 0 Å². The molecular weight excluding hydrogens is 266 g/mol. The quantitative estimate of drug-likeness (QED) is 0.339. The molecule has 0 aliphatic rings. The highest BCUT2D eigenvalue weighted by atomic mass is 35.5. The minimum atomic E-state index is 0.769. The summed E-state index contributed by atoms with van der Waals surface area (Å²) in [4.78, 5) is 0. The van der Waals surface area contributed by atoms with E-state index in [1.807, 2.05) is 24.3 Å². The highest BCUT2D eigenvalue weighted by Crippen LogP contribution is 2.32. The summed E-state index contributed by atoms with van der Waals surface area (Å²) >= 11 is 6.07. The Labute approximate surface area is 121 Å². The summed E-state index contributed by atoms with van der Waals surface area (Å²) in [5.74, 6) is 0. The maximum Gasteiger partial charge on any atom is 0.0412 e. The molecule has 20 heavy (non-hydrogen) atoms. The molecule has 0 radical (unpaired) electrons. The first kappa shape index (κ1) is 11.6. The number of hydrogen-bond donors (Lipinski definition) is 1. The van der Waals surface area contributed by atoms with E-state index in [2.05, 4.69) is 36.4 Å². The number of nitrogens with two attached hydrogens (primary N) is 1. The molecule has 1 nitrogen and oxygen atoms in total. The van der Waals surface area contributed by atoms with Crippen LogP contribution in [0, 0.1) is 0 Å². The van der Waals surface area contributed by atoms with Crippen molar-refractivity contribution < 1.29 is 0 Å². The summed E-state index contributed by atoms with van der Waals surface area (Å²) in [6, 6.07) is 20.7. The van der Waals surface area contributed by atoms with Crippen LogP contribution in [0.25, 0.3) is 32.3 Å². The number of benzene rings is 4. The zero-order valence-electron chi connectivity index (χ0n) is 10.7. The third-order valence-corrected chi connectivity index (χ3v) is 4.05. The number of halogens is 1. The fourth-order valence-corrected chi connectivity index (χ4v) is 3.06. The molecule has 0 spiro atoms. The highest BCUT2D eigenvalue weighted by Gasteiger charge is 2.05. The van der Waals surface area contributed by atoms with Crippen molar-refractivity contribution in [3.8, 4) is 0 Å². The van der Waals surface area contributed by atoms with Gasteiger partial charge in [0.15, 0.2) is 0 Å². The van der Waals surface area contributed by atoms with Crippen LogP contribution in [0.2, 0.25) is 5.02 Å². The van der Waals surface area contributed by atoms with Crippen LogP contribution in [0.15, 0.2) is 60.7 Å². The second-order valence-electron chi connectivity index (χ2n) is 5.07. The third kappa shape index (κ3) is 1.64. The molecule has 0 unspecified atom stereocenters. The first-order chi connectivity index (χ1) is 9.72. The monoisotopic (exact) mass is 277 g/mol. The van der Waals surface area contributed by atoms with Gasteiger partial charge in [-0.25, -0.2) is 0 Å². The molecular formula is C18H12ClN. The maximum absolute atomic E-state index is 6.07. The smallest absolute Gasteiger partial charge is 0.0412 e. The molecule has 0 aromatic heterocycles. The van der Waals surface area contributed by atoms with Crippen LogP contribution in [0.4, 0.5) is 5.69 Å². The normalized spacial score (nSPS) is 11.4. The molecule has 2 N–H and O–H groups in total. The van der Waals surface area contributed by atoms with E-state index >= 15 is 0 Å². The SMILES string of the molecule is Nc1ccc2c(ccc3c4ccc(Cl)cc4ccc23)c1. The fraction of sp³-hybridized carbons (Fsp3) is 0. The van der Waals surface area contributed by atoms with Gasteiger partial charge in [0.25, 0.3) is 0 Å². The van der Waals surface area contributed by atoms with Gasteiger partial charge in [-0.05, 0) is 56.6 Å². The Hall–Kier alpha value is -2.25. The van der Waals surface area contributed by atoms with E-state index in [1.54, 1.807) is 0 Å². The van der Waals surface area contributed by atoms with Gasteiger partial charge in [-0.1, -0.05) is 48.0 Å². The average Bonchev–Trinajstić information content (AvgIpc) is 2.45. The van der Waals surface area contributed by atoms with E-state index in [0.29, 0.717) is 0 Å². The predicted octanol–water partition coefficient (Wildman–Crippen LogP) is 5.38. The summed E-state index contributed by atoms with van der Waals surface area (Å²) in [5.41, 5.74) is 6.66. The van der Waals surface area contributed by atoms with Gasteiger partial charge in [-0.15, -0.1) is 0 Å². The Kier molecular flexibility index (Phi) is 2.38.